The fourth-order valence-electron chi connectivity index (χ4n) is 1.41. The summed E-state index contributed by atoms with van der Waals surface area (Å²) >= 11 is 2.93. The van der Waals surface area contributed by atoms with Crippen molar-refractivity contribution in [3.05, 3.63) is 23.8 Å². The van der Waals surface area contributed by atoms with Gasteiger partial charge < -0.3 is 0 Å². The minimum atomic E-state index is 0.202. The Morgan fingerprint density at radius 2 is 2.42 bits per heavy atom. The van der Waals surface area contributed by atoms with Crippen LogP contribution in [0.4, 0.5) is 0 Å². The van der Waals surface area contributed by atoms with Gasteiger partial charge in [0.15, 0.2) is 0 Å². The molecule has 0 amide bonds. The van der Waals surface area contributed by atoms with E-state index in [1.807, 2.05) is 6.07 Å². The van der Waals surface area contributed by atoms with Crippen LogP contribution in [0.3, 0.4) is 0 Å². The van der Waals surface area contributed by atoms with Gasteiger partial charge in [0.05, 0.1) is 0 Å². The Balaban J connectivity index is 2.35. The molecule has 1 aromatic carbocycles. The standard InChI is InChI=1S/C9H9O2Se/c10-8-2-1-3-9-7(8)4-6(5-12)11-9/h1-3,6,10H,4-5H2. The van der Waals surface area contributed by atoms with Crippen LogP contribution in [0.2, 0.25) is 5.32 Å². The summed E-state index contributed by atoms with van der Waals surface area (Å²) in [6.45, 7) is 0. The molecule has 0 aromatic heterocycles. The quantitative estimate of drug-likeness (QED) is 0.734. The zero-order valence-corrected chi connectivity index (χ0v) is 8.20. The van der Waals surface area contributed by atoms with Crippen molar-refractivity contribution in [2.45, 2.75) is 17.8 Å². The number of rotatable bonds is 1. The number of aromatic hydroxyl groups is 1. The number of phenols is 1. The molecule has 1 radical (unpaired) electrons. The molecule has 0 fully saturated rings. The third-order valence-corrected chi connectivity index (χ3v) is 2.80. The minimum absolute atomic E-state index is 0.202. The van der Waals surface area contributed by atoms with Crippen LogP contribution in [0.5, 0.6) is 11.5 Å². The molecule has 1 N–H and O–H groups in total. The number of ether oxygens (including phenoxy) is 1. The van der Waals surface area contributed by atoms with Crippen molar-refractivity contribution >= 4 is 16.0 Å². The van der Waals surface area contributed by atoms with Crippen LogP contribution in [-0.4, -0.2) is 27.2 Å². The molecule has 1 unspecified atom stereocenters. The second-order valence-corrected chi connectivity index (χ2v) is 3.56. The van der Waals surface area contributed by atoms with Gasteiger partial charge in [0, 0.05) is 0 Å². The third kappa shape index (κ3) is 1.19. The summed E-state index contributed by atoms with van der Waals surface area (Å²) in [5.41, 5.74) is 0.942. The number of benzene rings is 1. The van der Waals surface area contributed by atoms with Gasteiger partial charge in [-0.05, 0) is 0 Å². The SMILES string of the molecule is Oc1cccc2c1CC(C[Se])O2. The zero-order valence-electron chi connectivity index (χ0n) is 6.49. The van der Waals surface area contributed by atoms with E-state index in [4.69, 9.17) is 4.74 Å². The van der Waals surface area contributed by atoms with Gasteiger partial charge in [-0.25, -0.2) is 0 Å². The molecule has 0 saturated carbocycles. The maximum absolute atomic E-state index is 9.45. The maximum atomic E-state index is 9.45. The molecule has 0 spiro atoms. The van der Waals surface area contributed by atoms with Gasteiger partial charge in [0.2, 0.25) is 0 Å². The summed E-state index contributed by atoms with van der Waals surface area (Å²) < 4.78 is 5.55. The molecule has 12 heavy (non-hydrogen) atoms. The monoisotopic (exact) mass is 229 g/mol. The van der Waals surface area contributed by atoms with E-state index in [0.717, 1.165) is 23.1 Å². The van der Waals surface area contributed by atoms with Crippen molar-refractivity contribution in [2.24, 2.45) is 0 Å². The van der Waals surface area contributed by atoms with Crippen LogP contribution in [0.25, 0.3) is 0 Å². The molecule has 2 nitrogen and oxygen atoms in total. The van der Waals surface area contributed by atoms with Crippen LogP contribution in [-0.2, 0) is 6.42 Å². The summed E-state index contributed by atoms with van der Waals surface area (Å²) in [4.78, 5) is 0. The zero-order chi connectivity index (χ0) is 8.55. The topological polar surface area (TPSA) is 29.5 Å². The molecular formula is C9H9O2Se. The van der Waals surface area contributed by atoms with Crippen molar-refractivity contribution < 1.29 is 9.84 Å². The number of hydrogen-bond acceptors (Lipinski definition) is 2. The second kappa shape index (κ2) is 3.00. The molecule has 0 aliphatic carbocycles. The Hall–Kier alpha value is -0.661. The Kier molecular flexibility index (Phi) is 1.99. The van der Waals surface area contributed by atoms with Gasteiger partial charge in [-0.15, -0.1) is 0 Å². The summed E-state index contributed by atoms with van der Waals surface area (Å²) in [5.74, 6) is 1.18. The Morgan fingerprint density at radius 1 is 1.58 bits per heavy atom. The van der Waals surface area contributed by atoms with E-state index in [9.17, 15) is 5.11 Å². The molecule has 1 aromatic rings. The van der Waals surface area contributed by atoms with E-state index in [1.165, 1.54) is 0 Å². The van der Waals surface area contributed by atoms with Crippen LogP contribution < -0.4 is 4.74 Å². The second-order valence-electron chi connectivity index (χ2n) is 2.86. The summed E-state index contributed by atoms with van der Waals surface area (Å²) in [7, 11) is 0. The van der Waals surface area contributed by atoms with Crippen molar-refractivity contribution in [3.63, 3.8) is 0 Å². The first-order chi connectivity index (χ1) is 5.81. The van der Waals surface area contributed by atoms with Gasteiger partial charge in [-0.3, -0.25) is 0 Å². The van der Waals surface area contributed by atoms with Gasteiger partial charge in [-0.1, -0.05) is 0 Å². The van der Waals surface area contributed by atoms with E-state index in [0.29, 0.717) is 5.75 Å². The first-order valence-electron chi connectivity index (χ1n) is 3.87. The van der Waals surface area contributed by atoms with E-state index in [-0.39, 0.29) is 6.10 Å². The van der Waals surface area contributed by atoms with Gasteiger partial charge in [0.1, 0.15) is 0 Å². The molecule has 0 bridgehead atoms. The van der Waals surface area contributed by atoms with Gasteiger partial charge >= 0.3 is 79.0 Å². The van der Waals surface area contributed by atoms with Crippen LogP contribution in [0, 0.1) is 0 Å². The van der Waals surface area contributed by atoms with Crippen molar-refractivity contribution in [3.8, 4) is 11.5 Å². The van der Waals surface area contributed by atoms with E-state index in [1.54, 1.807) is 12.1 Å². The molecule has 1 atom stereocenters. The summed E-state index contributed by atoms with van der Waals surface area (Å²) in [6.07, 6.45) is 1.02. The summed E-state index contributed by atoms with van der Waals surface area (Å²) in [6, 6.07) is 5.39. The fraction of sp³-hybridized carbons (Fsp3) is 0.333. The molecule has 1 aliphatic rings. The van der Waals surface area contributed by atoms with E-state index >= 15 is 0 Å². The van der Waals surface area contributed by atoms with E-state index < -0.39 is 0 Å². The molecule has 0 saturated heterocycles. The predicted molar refractivity (Wildman–Crippen MR) is 46.8 cm³/mol. The van der Waals surface area contributed by atoms with Crippen LogP contribution in [0.15, 0.2) is 18.2 Å². The number of phenolic OH excluding ortho intramolecular Hbond substituents is 1. The molecular weight excluding hydrogens is 219 g/mol. The third-order valence-electron chi connectivity index (χ3n) is 2.02. The van der Waals surface area contributed by atoms with Gasteiger partial charge in [-0.2, -0.15) is 0 Å². The van der Waals surface area contributed by atoms with Crippen molar-refractivity contribution in [1.29, 1.82) is 0 Å². The molecule has 1 heterocycles. The van der Waals surface area contributed by atoms with Crippen LogP contribution >= 0.6 is 0 Å². The Labute approximate surface area is 79.4 Å². The van der Waals surface area contributed by atoms with Crippen molar-refractivity contribution in [2.75, 3.05) is 0 Å². The molecule has 3 heteroatoms. The fourth-order valence-corrected chi connectivity index (χ4v) is 1.80. The Bertz CT molecular complexity index is 299. The predicted octanol–water partition coefficient (Wildman–Crippen LogP) is 1.28. The Morgan fingerprint density at radius 3 is 3.08 bits per heavy atom. The number of hydrogen-bond donors (Lipinski definition) is 1. The van der Waals surface area contributed by atoms with Gasteiger partial charge in [0.25, 0.3) is 0 Å². The summed E-state index contributed by atoms with van der Waals surface area (Å²) in [5, 5.41) is 10.3. The van der Waals surface area contributed by atoms with E-state index in [2.05, 4.69) is 16.0 Å². The number of fused-ring (bicyclic) bond motifs is 1. The van der Waals surface area contributed by atoms with Crippen molar-refractivity contribution in [1.82, 2.24) is 0 Å². The first-order valence-corrected chi connectivity index (χ1v) is 5.08. The molecule has 2 rings (SSSR count). The first kappa shape index (κ1) is 7.96. The van der Waals surface area contributed by atoms with Crippen LogP contribution in [0.1, 0.15) is 5.56 Å². The normalized spacial score (nSPS) is 20.2. The molecule has 1 aliphatic heterocycles. The average molecular weight is 228 g/mol. The molecule has 63 valence electrons. The average Bonchev–Trinajstić information content (AvgIpc) is 2.49.